The van der Waals surface area contributed by atoms with Gasteiger partial charge in [0.1, 0.15) is 0 Å². The first-order valence-corrected chi connectivity index (χ1v) is 6.73. The second-order valence-corrected chi connectivity index (χ2v) is 4.73. The quantitative estimate of drug-likeness (QED) is 0.696. The molecule has 0 aromatic heterocycles. The zero-order valence-electron chi connectivity index (χ0n) is 12.3. The van der Waals surface area contributed by atoms with Crippen LogP contribution in [0.15, 0.2) is 48.5 Å². The van der Waals surface area contributed by atoms with Crippen molar-refractivity contribution in [3.05, 3.63) is 54.1 Å². The summed E-state index contributed by atoms with van der Waals surface area (Å²) >= 11 is 0. The maximum absolute atomic E-state index is 11.9. The van der Waals surface area contributed by atoms with Gasteiger partial charge in [-0.15, -0.1) is 0 Å². The first kappa shape index (κ1) is 16.0. The van der Waals surface area contributed by atoms with Crippen LogP contribution in [-0.4, -0.2) is 23.0 Å². The lowest BCUT2D eigenvalue weighted by Gasteiger charge is -2.09. The van der Waals surface area contributed by atoms with E-state index >= 15 is 0 Å². The van der Waals surface area contributed by atoms with Crippen molar-refractivity contribution in [2.24, 2.45) is 0 Å². The molecule has 0 spiro atoms. The maximum Gasteiger partial charge on any atom is 0.335 e. The second kappa shape index (κ2) is 7.08. The lowest BCUT2D eigenvalue weighted by Crippen LogP contribution is -2.19. The number of carbonyl (C=O) groups excluding carboxylic acids is 2. The van der Waals surface area contributed by atoms with Gasteiger partial charge in [-0.3, -0.25) is 4.79 Å². The Morgan fingerprint density at radius 1 is 0.826 bits per heavy atom. The number of hydrogen-bond donors (Lipinski definition) is 4. The van der Waals surface area contributed by atoms with Crippen LogP contribution in [0.5, 0.6) is 0 Å². The Kier molecular flexibility index (Phi) is 4.93. The molecule has 118 valence electrons. The van der Waals surface area contributed by atoms with Crippen LogP contribution in [0.2, 0.25) is 0 Å². The highest BCUT2D eigenvalue weighted by Gasteiger charge is 2.07. The molecular formula is C16H15N3O4. The predicted octanol–water partition coefficient (Wildman–Crippen LogP) is 2.99. The van der Waals surface area contributed by atoms with Crippen LogP contribution in [-0.2, 0) is 4.79 Å². The van der Waals surface area contributed by atoms with Gasteiger partial charge in [0.25, 0.3) is 0 Å². The number of benzene rings is 2. The molecule has 0 aliphatic rings. The van der Waals surface area contributed by atoms with Gasteiger partial charge in [-0.2, -0.15) is 0 Å². The Hall–Kier alpha value is -3.35. The van der Waals surface area contributed by atoms with Gasteiger partial charge in [0.2, 0.25) is 5.91 Å². The Bertz CT molecular complexity index is 758. The number of carbonyl (C=O) groups is 3. The number of urea groups is 1. The van der Waals surface area contributed by atoms with Gasteiger partial charge < -0.3 is 21.1 Å². The number of aromatic carboxylic acids is 1. The fourth-order valence-electron chi connectivity index (χ4n) is 1.90. The highest BCUT2D eigenvalue weighted by atomic mass is 16.4. The minimum absolute atomic E-state index is 0.0791. The molecule has 0 saturated carbocycles. The second-order valence-electron chi connectivity index (χ2n) is 4.73. The summed E-state index contributed by atoms with van der Waals surface area (Å²) in [7, 11) is 0. The fourth-order valence-corrected chi connectivity index (χ4v) is 1.90. The van der Waals surface area contributed by atoms with Crippen LogP contribution in [0.4, 0.5) is 21.9 Å². The van der Waals surface area contributed by atoms with Gasteiger partial charge in [0.05, 0.1) is 5.56 Å². The van der Waals surface area contributed by atoms with Crippen molar-refractivity contribution in [1.82, 2.24) is 0 Å². The highest BCUT2D eigenvalue weighted by molar-refractivity contribution is 6.01. The van der Waals surface area contributed by atoms with Crippen molar-refractivity contribution in [1.29, 1.82) is 0 Å². The summed E-state index contributed by atoms with van der Waals surface area (Å²) in [4.78, 5) is 33.8. The topological polar surface area (TPSA) is 108 Å². The number of carboxylic acids is 1. The summed E-state index contributed by atoms with van der Waals surface area (Å²) in [6, 6.07) is 12.0. The van der Waals surface area contributed by atoms with Gasteiger partial charge in [-0.1, -0.05) is 12.1 Å². The Balaban J connectivity index is 2.03. The summed E-state index contributed by atoms with van der Waals surface area (Å²) in [6.45, 7) is 1.39. The molecule has 4 N–H and O–H groups in total. The van der Waals surface area contributed by atoms with Crippen molar-refractivity contribution in [3.63, 3.8) is 0 Å². The number of carboxylic acid groups (broad SMARTS) is 1. The van der Waals surface area contributed by atoms with Crippen LogP contribution >= 0.6 is 0 Å². The monoisotopic (exact) mass is 313 g/mol. The van der Waals surface area contributed by atoms with E-state index in [4.69, 9.17) is 5.11 Å². The number of anilines is 3. The number of amides is 3. The summed E-state index contributed by atoms with van der Waals surface area (Å²) in [5.74, 6) is -1.28. The van der Waals surface area contributed by atoms with E-state index in [9.17, 15) is 14.4 Å². The summed E-state index contributed by atoms with van der Waals surface area (Å²) in [5, 5.41) is 16.7. The minimum atomic E-state index is -1.07. The largest absolute Gasteiger partial charge is 0.478 e. The highest BCUT2D eigenvalue weighted by Crippen LogP contribution is 2.16. The van der Waals surface area contributed by atoms with Crippen molar-refractivity contribution >= 4 is 35.0 Å². The molecule has 0 aliphatic carbocycles. The lowest BCUT2D eigenvalue weighted by atomic mass is 10.2. The third-order valence-corrected chi connectivity index (χ3v) is 2.81. The fraction of sp³-hybridized carbons (Fsp3) is 0.0625. The summed E-state index contributed by atoms with van der Waals surface area (Å²) in [6.07, 6.45) is 0. The molecule has 0 saturated heterocycles. The lowest BCUT2D eigenvalue weighted by molar-refractivity contribution is -0.114. The molecule has 7 heteroatoms. The zero-order chi connectivity index (χ0) is 16.8. The standard InChI is InChI=1S/C16H15N3O4/c1-10(20)17-13-6-3-7-14(9-13)19-16(23)18-12-5-2-4-11(8-12)15(21)22/h2-9H,1H3,(H,17,20)(H,21,22)(H2,18,19,23). The molecule has 23 heavy (non-hydrogen) atoms. The van der Waals surface area contributed by atoms with E-state index in [1.165, 1.54) is 25.1 Å². The molecule has 0 unspecified atom stereocenters. The normalized spacial score (nSPS) is 9.78. The van der Waals surface area contributed by atoms with E-state index < -0.39 is 12.0 Å². The number of hydrogen-bond acceptors (Lipinski definition) is 3. The first-order valence-electron chi connectivity index (χ1n) is 6.73. The molecule has 0 atom stereocenters. The van der Waals surface area contributed by atoms with E-state index in [1.807, 2.05) is 0 Å². The third-order valence-electron chi connectivity index (χ3n) is 2.81. The smallest absolute Gasteiger partial charge is 0.335 e. The minimum Gasteiger partial charge on any atom is -0.478 e. The van der Waals surface area contributed by atoms with Crippen LogP contribution in [0.25, 0.3) is 0 Å². The summed E-state index contributed by atoms with van der Waals surface area (Å²) < 4.78 is 0. The van der Waals surface area contributed by atoms with E-state index in [2.05, 4.69) is 16.0 Å². The van der Waals surface area contributed by atoms with Crippen molar-refractivity contribution in [2.45, 2.75) is 6.92 Å². The SMILES string of the molecule is CC(=O)Nc1cccc(NC(=O)Nc2cccc(C(=O)O)c2)c1. The Morgan fingerprint density at radius 3 is 1.91 bits per heavy atom. The number of rotatable bonds is 4. The first-order chi connectivity index (χ1) is 10.9. The third kappa shape index (κ3) is 4.85. The van der Waals surface area contributed by atoms with Gasteiger partial charge in [-0.25, -0.2) is 9.59 Å². The summed E-state index contributed by atoms with van der Waals surface area (Å²) in [5.41, 5.74) is 1.49. The molecule has 0 fully saturated rings. The molecular weight excluding hydrogens is 298 g/mol. The van der Waals surface area contributed by atoms with E-state index in [0.29, 0.717) is 17.1 Å². The average Bonchev–Trinajstić information content (AvgIpc) is 2.47. The molecule has 0 heterocycles. The zero-order valence-corrected chi connectivity index (χ0v) is 12.3. The van der Waals surface area contributed by atoms with Crippen molar-refractivity contribution in [3.8, 4) is 0 Å². The van der Waals surface area contributed by atoms with E-state index in [0.717, 1.165) is 0 Å². The predicted molar refractivity (Wildman–Crippen MR) is 86.8 cm³/mol. The molecule has 3 amide bonds. The molecule has 7 nitrogen and oxygen atoms in total. The van der Waals surface area contributed by atoms with Gasteiger partial charge >= 0.3 is 12.0 Å². The Labute approximate surface area is 132 Å². The van der Waals surface area contributed by atoms with E-state index in [-0.39, 0.29) is 11.5 Å². The van der Waals surface area contributed by atoms with Crippen molar-refractivity contribution < 1.29 is 19.5 Å². The van der Waals surface area contributed by atoms with E-state index in [1.54, 1.807) is 30.3 Å². The van der Waals surface area contributed by atoms with Gasteiger partial charge in [0.15, 0.2) is 0 Å². The van der Waals surface area contributed by atoms with Crippen LogP contribution in [0.1, 0.15) is 17.3 Å². The molecule has 2 rings (SSSR count). The number of nitrogens with one attached hydrogen (secondary N) is 3. The Morgan fingerprint density at radius 2 is 1.35 bits per heavy atom. The van der Waals surface area contributed by atoms with Gasteiger partial charge in [0, 0.05) is 24.0 Å². The molecule has 0 radical (unpaired) electrons. The van der Waals surface area contributed by atoms with Crippen LogP contribution in [0.3, 0.4) is 0 Å². The average molecular weight is 313 g/mol. The molecule has 2 aromatic carbocycles. The molecule has 0 bridgehead atoms. The van der Waals surface area contributed by atoms with Gasteiger partial charge in [-0.05, 0) is 36.4 Å². The van der Waals surface area contributed by atoms with Crippen LogP contribution in [0, 0.1) is 0 Å². The maximum atomic E-state index is 11.9. The molecule has 0 aliphatic heterocycles. The van der Waals surface area contributed by atoms with Crippen molar-refractivity contribution in [2.75, 3.05) is 16.0 Å². The molecule has 2 aromatic rings. The van der Waals surface area contributed by atoms with Crippen LogP contribution < -0.4 is 16.0 Å².